The summed E-state index contributed by atoms with van der Waals surface area (Å²) in [6.45, 7) is 4.96. The van der Waals surface area contributed by atoms with Crippen molar-refractivity contribution in [3.8, 4) is 0 Å². The third-order valence-corrected chi connectivity index (χ3v) is 6.44. The molecule has 2 aromatic carbocycles. The van der Waals surface area contributed by atoms with Crippen molar-refractivity contribution in [1.29, 1.82) is 0 Å². The number of hydrogen-bond acceptors (Lipinski definition) is 5. The Labute approximate surface area is 169 Å². The molecule has 0 aliphatic carbocycles. The van der Waals surface area contributed by atoms with Gasteiger partial charge in [0.1, 0.15) is 0 Å². The normalized spacial score (nSPS) is 11.1. The summed E-state index contributed by atoms with van der Waals surface area (Å²) >= 11 is 5.98. The van der Waals surface area contributed by atoms with Crippen LogP contribution < -0.4 is 5.32 Å². The molecule has 0 unspecified atom stereocenters. The number of aryl methyl sites for hydroxylation is 2. The lowest BCUT2D eigenvalue weighted by Gasteiger charge is -2.10. The lowest BCUT2D eigenvalue weighted by atomic mass is 10.1. The molecule has 0 aliphatic rings. The van der Waals surface area contributed by atoms with E-state index >= 15 is 0 Å². The number of benzene rings is 2. The van der Waals surface area contributed by atoms with E-state index in [9.17, 15) is 18.0 Å². The molecule has 150 valence electrons. The van der Waals surface area contributed by atoms with Crippen molar-refractivity contribution < 1.29 is 22.7 Å². The van der Waals surface area contributed by atoms with Gasteiger partial charge >= 0.3 is 5.97 Å². The Morgan fingerprint density at radius 1 is 1.07 bits per heavy atom. The Balaban J connectivity index is 1.85. The van der Waals surface area contributed by atoms with E-state index < -0.39 is 28.3 Å². The van der Waals surface area contributed by atoms with Crippen molar-refractivity contribution in [2.75, 3.05) is 17.7 Å². The number of carbonyl (C=O) groups is 2. The van der Waals surface area contributed by atoms with E-state index in [2.05, 4.69) is 5.32 Å². The summed E-state index contributed by atoms with van der Waals surface area (Å²) in [5, 5.41) is 3.10. The van der Waals surface area contributed by atoms with E-state index in [1.165, 1.54) is 6.07 Å². The van der Waals surface area contributed by atoms with Crippen LogP contribution in [0.3, 0.4) is 0 Å². The van der Waals surface area contributed by atoms with Crippen molar-refractivity contribution in [3.63, 3.8) is 0 Å². The minimum atomic E-state index is -3.61. The smallest absolute Gasteiger partial charge is 0.307 e. The van der Waals surface area contributed by atoms with Gasteiger partial charge in [-0.05, 0) is 61.7 Å². The zero-order valence-electron chi connectivity index (χ0n) is 15.9. The number of nitrogens with one attached hydrogen (secondary N) is 1. The van der Waals surface area contributed by atoms with Crippen LogP contribution in [0.2, 0.25) is 5.02 Å². The minimum absolute atomic E-state index is 0.164. The van der Waals surface area contributed by atoms with Gasteiger partial charge in [0.25, 0.3) is 5.91 Å². The maximum Gasteiger partial charge on any atom is 0.307 e. The molecule has 0 aliphatic heterocycles. The van der Waals surface area contributed by atoms with E-state index in [0.717, 1.165) is 11.1 Å². The van der Waals surface area contributed by atoms with Crippen LogP contribution in [0, 0.1) is 20.8 Å². The van der Waals surface area contributed by atoms with E-state index in [-0.39, 0.29) is 17.1 Å². The number of ether oxygens (including phenoxy) is 1. The van der Waals surface area contributed by atoms with Gasteiger partial charge in [-0.3, -0.25) is 9.59 Å². The zero-order valence-corrected chi connectivity index (χ0v) is 17.5. The van der Waals surface area contributed by atoms with Crippen LogP contribution in [0.15, 0.2) is 41.3 Å². The van der Waals surface area contributed by atoms with Gasteiger partial charge in [0.15, 0.2) is 16.4 Å². The second-order valence-electron chi connectivity index (χ2n) is 6.44. The molecule has 0 aromatic heterocycles. The predicted octanol–water partition coefficient (Wildman–Crippen LogP) is 3.61. The Hall–Kier alpha value is -2.38. The highest BCUT2D eigenvalue weighted by atomic mass is 35.5. The quantitative estimate of drug-likeness (QED) is 0.687. The number of hydrogen-bond donors (Lipinski definition) is 1. The highest BCUT2D eigenvalue weighted by Crippen LogP contribution is 2.22. The zero-order chi connectivity index (χ0) is 20.9. The van der Waals surface area contributed by atoms with Gasteiger partial charge in [-0.2, -0.15) is 0 Å². The molecular formula is C20H22ClNO5S. The van der Waals surface area contributed by atoms with E-state index in [4.69, 9.17) is 16.3 Å². The fourth-order valence-corrected chi connectivity index (χ4v) is 3.87. The summed E-state index contributed by atoms with van der Waals surface area (Å²) in [6, 6.07) is 9.89. The Bertz CT molecular complexity index is 1000. The number of esters is 1. The number of amides is 1. The molecule has 2 rings (SSSR count). The van der Waals surface area contributed by atoms with Gasteiger partial charge in [-0.15, -0.1) is 0 Å². The van der Waals surface area contributed by atoms with Crippen LogP contribution in [0.25, 0.3) is 0 Å². The number of anilines is 1. The molecule has 1 amide bonds. The molecule has 0 radical (unpaired) electrons. The average molecular weight is 424 g/mol. The largest absolute Gasteiger partial charge is 0.456 e. The second kappa shape index (κ2) is 9.21. The van der Waals surface area contributed by atoms with Gasteiger partial charge in [0.05, 0.1) is 17.1 Å². The van der Waals surface area contributed by atoms with Crippen molar-refractivity contribution in [1.82, 2.24) is 0 Å². The number of rotatable bonds is 7. The van der Waals surface area contributed by atoms with Crippen LogP contribution in [0.5, 0.6) is 0 Å². The summed E-state index contributed by atoms with van der Waals surface area (Å²) < 4.78 is 29.6. The Kier molecular flexibility index (Phi) is 7.21. The van der Waals surface area contributed by atoms with Crippen molar-refractivity contribution in [3.05, 3.63) is 58.1 Å². The molecule has 8 heteroatoms. The predicted molar refractivity (Wildman–Crippen MR) is 108 cm³/mol. The standard InChI is InChI=1S/C20H22ClNO5S/c1-13-7-8-16(11-14(13)2)28(25,26)10-9-20(24)27-12-19(23)22-18-6-4-5-17(21)15(18)3/h4-8,11H,9-10,12H2,1-3H3,(H,22,23). The molecule has 0 saturated carbocycles. The van der Waals surface area contributed by atoms with Crippen LogP contribution in [-0.2, 0) is 24.2 Å². The van der Waals surface area contributed by atoms with Crippen LogP contribution in [0.4, 0.5) is 5.69 Å². The maximum absolute atomic E-state index is 12.3. The topological polar surface area (TPSA) is 89.5 Å². The third-order valence-electron chi connectivity index (χ3n) is 4.32. The van der Waals surface area contributed by atoms with E-state index in [1.54, 1.807) is 37.3 Å². The molecule has 0 spiro atoms. The molecule has 28 heavy (non-hydrogen) atoms. The average Bonchev–Trinajstić information content (AvgIpc) is 2.64. The van der Waals surface area contributed by atoms with Gasteiger partial charge < -0.3 is 10.1 Å². The lowest BCUT2D eigenvalue weighted by molar-refractivity contribution is -0.146. The molecule has 0 fully saturated rings. The summed E-state index contributed by atoms with van der Waals surface area (Å²) in [5.74, 6) is -1.68. The molecule has 0 bridgehead atoms. The summed E-state index contributed by atoms with van der Waals surface area (Å²) in [4.78, 5) is 23.9. The van der Waals surface area contributed by atoms with Gasteiger partial charge in [0, 0.05) is 10.7 Å². The molecule has 2 aromatic rings. The number of halogens is 1. The first kappa shape index (κ1) is 21.9. The number of sulfone groups is 1. The molecule has 0 atom stereocenters. The first-order valence-electron chi connectivity index (χ1n) is 8.61. The Morgan fingerprint density at radius 2 is 1.79 bits per heavy atom. The molecule has 6 nitrogen and oxygen atoms in total. The molecular weight excluding hydrogens is 402 g/mol. The second-order valence-corrected chi connectivity index (χ2v) is 8.95. The van der Waals surface area contributed by atoms with Crippen molar-refractivity contribution >= 4 is 39.0 Å². The van der Waals surface area contributed by atoms with Gasteiger partial charge in [-0.1, -0.05) is 23.7 Å². The number of carbonyl (C=O) groups excluding carboxylic acids is 2. The summed E-state index contributed by atoms with van der Waals surface area (Å²) in [7, 11) is -3.61. The first-order chi connectivity index (χ1) is 13.1. The third kappa shape index (κ3) is 5.81. The van der Waals surface area contributed by atoms with Crippen molar-refractivity contribution in [2.24, 2.45) is 0 Å². The molecule has 0 saturated heterocycles. The fourth-order valence-electron chi connectivity index (χ4n) is 2.39. The van der Waals surface area contributed by atoms with Crippen LogP contribution >= 0.6 is 11.6 Å². The SMILES string of the molecule is Cc1ccc(S(=O)(=O)CCC(=O)OCC(=O)Nc2cccc(Cl)c2C)cc1C. The monoisotopic (exact) mass is 423 g/mol. The summed E-state index contributed by atoms with van der Waals surface area (Å²) in [5.41, 5.74) is 3.06. The molecule has 0 heterocycles. The lowest BCUT2D eigenvalue weighted by Crippen LogP contribution is -2.22. The van der Waals surface area contributed by atoms with Gasteiger partial charge in [-0.25, -0.2) is 8.42 Å². The van der Waals surface area contributed by atoms with Crippen molar-refractivity contribution in [2.45, 2.75) is 32.1 Å². The van der Waals surface area contributed by atoms with E-state index in [0.29, 0.717) is 16.3 Å². The highest BCUT2D eigenvalue weighted by molar-refractivity contribution is 7.91. The fraction of sp³-hybridized carbons (Fsp3) is 0.300. The highest BCUT2D eigenvalue weighted by Gasteiger charge is 2.18. The summed E-state index contributed by atoms with van der Waals surface area (Å²) in [6.07, 6.45) is -0.335. The van der Waals surface area contributed by atoms with Gasteiger partial charge in [0.2, 0.25) is 0 Å². The molecule has 1 N–H and O–H groups in total. The first-order valence-corrected chi connectivity index (χ1v) is 10.6. The minimum Gasteiger partial charge on any atom is -0.456 e. The van der Waals surface area contributed by atoms with Crippen LogP contribution in [0.1, 0.15) is 23.1 Å². The maximum atomic E-state index is 12.3. The Morgan fingerprint density at radius 3 is 2.46 bits per heavy atom. The van der Waals surface area contributed by atoms with E-state index in [1.807, 2.05) is 13.8 Å². The van der Waals surface area contributed by atoms with Crippen LogP contribution in [-0.4, -0.2) is 32.7 Å².